The highest BCUT2D eigenvalue weighted by atomic mass is 32.2. The first-order chi connectivity index (χ1) is 11.4. The molecule has 1 N–H and O–H groups in total. The number of quaternary nitrogens is 1. The molecule has 2 aliphatic rings. The van der Waals surface area contributed by atoms with Crippen molar-refractivity contribution in [3.05, 3.63) is 29.8 Å². The summed E-state index contributed by atoms with van der Waals surface area (Å²) in [4.78, 5) is 15.9. The predicted octanol–water partition coefficient (Wildman–Crippen LogP) is -0.147. The van der Waals surface area contributed by atoms with Crippen LogP contribution >= 0.6 is 0 Å². The van der Waals surface area contributed by atoms with Gasteiger partial charge in [0.15, 0.2) is 6.54 Å². The maximum absolute atomic E-state index is 12.8. The summed E-state index contributed by atoms with van der Waals surface area (Å²) in [6.07, 6.45) is 2.35. The van der Waals surface area contributed by atoms with Gasteiger partial charge in [-0.25, -0.2) is 8.42 Å². The molecule has 1 aromatic carbocycles. The predicted molar refractivity (Wildman–Crippen MR) is 91.0 cm³/mol. The van der Waals surface area contributed by atoms with Crippen molar-refractivity contribution in [3.63, 3.8) is 0 Å². The fourth-order valence-corrected chi connectivity index (χ4v) is 4.95. The lowest BCUT2D eigenvalue weighted by Gasteiger charge is -2.22. The molecule has 0 unspecified atom stereocenters. The van der Waals surface area contributed by atoms with E-state index in [9.17, 15) is 13.2 Å². The van der Waals surface area contributed by atoms with Crippen molar-refractivity contribution < 1.29 is 18.1 Å². The Morgan fingerprint density at radius 2 is 1.83 bits per heavy atom. The van der Waals surface area contributed by atoms with E-state index in [1.807, 2.05) is 13.8 Å². The van der Waals surface area contributed by atoms with Crippen LogP contribution in [-0.4, -0.2) is 62.4 Å². The van der Waals surface area contributed by atoms with E-state index in [1.54, 1.807) is 29.2 Å². The van der Waals surface area contributed by atoms with E-state index in [0.29, 0.717) is 18.0 Å². The number of hydrogen-bond donors (Lipinski definition) is 1. The monoisotopic (exact) mass is 352 g/mol. The van der Waals surface area contributed by atoms with E-state index in [4.69, 9.17) is 0 Å². The normalized spacial score (nSPS) is 23.1. The lowest BCUT2D eigenvalue weighted by atomic mass is 10.2. The Kier molecular flexibility index (Phi) is 4.94. The van der Waals surface area contributed by atoms with Gasteiger partial charge in [-0.1, -0.05) is 17.7 Å². The van der Waals surface area contributed by atoms with Crippen LogP contribution in [0.5, 0.6) is 0 Å². The van der Waals surface area contributed by atoms with Gasteiger partial charge in [-0.15, -0.1) is 0 Å². The van der Waals surface area contributed by atoms with Gasteiger partial charge < -0.3 is 9.80 Å². The van der Waals surface area contributed by atoms with Crippen molar-refractivity contribution in [3.8, 4) is 0 Å². The standard InChI is InChI=1S/C17H25N3O3S/c1-14-5-7-16(8-6-14)24(22,23)19-11-15(2)20(13-19)17(21)12-18-9-3-4-10-18/h5-8,15H,3-4,9-13H2,1-2H3/p+1/t15-/m1/s1. The van der Waals surface area contributed by atoms with Gasteiger partial charge in [0.25, 0.3) is 5.91 Å². The van der Waals surface area contributed by atoms with Crippen molar-refractivity contribution in [1.82, 2.24) is 9.21 Å². The second-order valence-corrected chi connectivity index (χ2v) is 8.88. The molecule has 0 aliphatic carbocycles. The molecule has 6 nitrogen and oxygen atoms in total. The molecule has 1 atom stereocenters. The molecule has 132 valence electrons. The Bertz CT molecular complexity index is 696. The van der Waals surface area contributed by atoms with Gasteiger partial charge in [0.05, 0.1) is 24.7 Å². The molecule has 0 bridgehead atoms. The van der Waals surface area contributed by atoms with Crippen molar-refractivity contribution in [2.75, 3.05) is 32.8 Å². The van der Waals surface area contributed by atoms with Crippen LogP contribution < -0.4 is 4.90 Å². The lowest BCUT2D eigenvalue weighted by Crippen LogP contribution is -3.11. The molecule has 1 aromatic rings. The van der Waals surface area contributed by atoms with Gasteiger partial charge in [0.1, 0.15) is 0 Å². The zero-order valence-corrected chi connectivity index (χ0v) is 15.2. The quantitative estimate of drug-likeness (QED) is 0.820. The maximum atomic E-state index is 12.8. The zero-order chi connectivity index (χ0) is 17.3. The molecule has 2 fully saturated rings. The molecular formula is C17H26N3O3S+. The summed E-state index contributed by atoms with van der Waals surface area (Å²) < 4.78 is 27.0. The molecule has 2 aliphatic heterocycles. The lowest BCUT2D eigenvalue weighted by molar-refractivity contribution is -0.879. The first-order valence-corrected chi connectivity index (χ1v) is 10.0. The van der Waals surface area contributed by atoms with Crippen LogP contribution in [0.4, 0.5) is 0 Å². The minimum atomic E-state index is -3.55. The minimum Gasteiger partial charge on any atom is -0.327 e. The maximum Gasteiger partial charge on any atom is 0.279 e. The smallest absolute Gasteiger partial charge is 0.279 e. The van der Waals surface area contributed by atoms with Gasteiger partial charge in [0, 0.05) is 25.4 Å². The fraction of sp³-hybridized carbons (Fsp3) is 0.588. The van der Waals surface area contributed by atoms with Crippen LogP contribution in [0, 0.1) is 6.92 Å². The average Bonchev–Trinajstić information content (AvgIpc) is 3.17. The van der Waals surface area contributed by atoms with Gasteiger partial charge in [-0.3, -0.25) is 4.79 Å². The van der Waals surface area contributed by atoms with Crippen LogP contribution in [0.15, 0.2) is 29.2 Å². The number of benzene rings is 1. The highest BCUT2D eigenvalue weighted by Gasteiger charge is 2.39. The average molecular weight is 352 g/mol. The molecular weight excluding hydrogens is 326 g/mol. The third kappa shape index (κ3) is 3.48. The number of nitrogens with zero attached hydrogens (tertiary/aromatic N) is 2. The van der Waals surface area contributed by atoms with Gasteiger partial charge in [-0.05, 0) is 26.0 Å². The van der Waals surface area contributed by atoms with Gasteiger partial charge in [0.2, 0.25) is 10.0 Å². The number of hydrogen-bond acceptors (Lipinski definition) is 3. The van der Waals surface area contributed by atoms with Crippen LogP contribution in [-0.2, 0) is 14.8 Å². The number of rotatable bonds is 4. The van der Waals surface area contributed by atoms with Crippen LogP contribution in [0.25, 0.3) is 0 Å². The summed E-state index contributed by atoms with van der Waals surface area (Å²) in [5.74, 6) is 0.0565. The van der Waals surface area contributed by atoms with Gasteiger partial charge >= 0.3 is 0 Å². The molecule has 3 rings (SSSR count). The third-order valence-electron chi connectivity index (χ3n) is 5.00. The number of likely N-dealkylation sites (tertiary alicyclic amines) is 1. The van der Waals surface area contributed by atoms with E-state index >= 15 is 0 Å². The van der Waals surface area contributed by atoms with Gasteiger partial charge in [-0.2, -0.15) is 4.31 Å². The van der Waals surface area contributed by atoms with E-state index in [0.717, 1.165) is 18.7 Å². The molecule has 7 heteroatoms. The van der Waals surface area contributed by atoms with E-state index < -0.39 is 10.0 Å². The highest BCUT2D eigenvalue weighted by molar-refractivity contribution is 7.89. The first-order valence-electron chi connectivity index (χ1n) is 8.58. The molecule has 0 aromatic heterocycles. The summed E-state index contributed by atoms with van der Waals surface area (Å²) in [6.45, 7) is 6.92. The summed E-state index contributed by atoms with van der Waals surface area (Å²) in [6, 6.07) is 6.78. The highest BCUT2D eigenvalue weighted by Crippen LogP contribution is 2.22. The number of nitrogens with one attached hydrogen (secondary N) is 1. The largest absolute Gasteiger partial charge is 0.327 e. The van der Waals surface area contributed by atoms with E-state index in [2.05, 4.69) is 0 Å². The Morgan fingerprint density at radius 1 is 1.21 bits per heavy atom. The third-order valence-corrected chi connectivity index (χ3v) is 6.81. The van der Waals surface area contributed by atoms with E-state index in [-0.39, 0.29) is 18.6 Å². The Hall–Kier alpha value is -1.44. The van der Waals surface area contributed by atoms with Crippen molar-refractivity contribution in [2.45, 2.75) is 37.6 Å². The molecule has 1 amide bonds. The molecule has 0 spiro atoms. The topological polar surface area (TPSA) is 62.1 Å². The Morgan fingerprint density at radius 3 is 2.46 bits per heavy atom. The molecule has 0 radical (unpaired) electrons. The second-order valence-electron chi connectivity index (χ2n) is 6.94. The minimum absolute atomic E-state index is 0.0565. The zero-order valence-electron chi connectivity index (χ0n) is 14.4. The summed E-state index contributed by atoms with van der Waals surface area (Å²) in [7, 11) is -3.55. The Labute approximate surface area is 144 Å². The SMILES string of the molecule is Cc1ccc(S(=O)(=O)N2C[C@@H](C)N(C(=O)C[NH+]3CCCC3)C2)cc1. The second kappa shape index (κ2) is 6.82. The van der Waals surface area contributed by atoms with Crippen LogP contribution in [0.2, 0.25) is 0 Å². The molecule has 2 saturated heterocycles. The number of amides is 1. The van der Waals surface area contributed by atoms with Crippen molar-refractivity contribution >= 4 is 15.9 Å². The summed E-state index contributed by atoms with van der Waals surface area (Å²) in [5.41, 5.74) is 1.02. The molecule has 0 saturated carbocycles. The first kappa shape index (κ1) is 17.4. The number of carbonyl (C=O) groups excluding carboxylic acids is 1. The molecule has 24 heavy (non-hydrogen) atoms. The summed E-state index contributed by atoms with van der Waals surface area (Å²) >= 11 is 0. The Balaban J connectivity index is 1.70. The number of carbonyl (C=O) groups is 1. The van der Waals surface area contributed by atoms with E-state index in [1.165, 1.54) is 22.0 Å². The number of aryl methyl sites for hydroxylation is 1. The molecule has 2 heterocycles. The number of sulfonamides is 1. The van der Waals surface area contributed by atoms with Crippen molar-refractivity contribution in [1.29, 1.82) is 0 Å². The van der Waals surface area contributed by atoms with Crippen LogP contribution in [0.1, 0.15) is 25.3 Å². The van der Waals surface area contributed by atoms with Crippen LogP contribution in [0.3, 0.4) is 0 Å². The fourth-order valence-electron chi connectivity index (χ4n) is 3.49. The summed E-state index contributed by atoms with van der Waals surface area (Å²) in [5, 5.41) is 0. The van der Waals surface area contributed by atoms with Crippen molar-refractivity contribution in [2.24, 2.45) is 0 Å².